The summed E-state index contributed by atoms with van der Waals surface area (Å²) in [6.45, 7) is 13.9. The van der Waals surface area contributed by atoms with Crippen LogP contribution in [-0.2, 0) is 0 Å². The predicted octanol–water partition coefficient (Wildman–Crippen LogP) is 4.25. The molecule has 1 aliphatic heterocycles. The third-order valence-electron chi connectivity index (χ3n) is 4.48. The van der Waals surface area contributed by atoms with Gasteiger partial charge in [0, 0.05) is 13.1 Å². The van der Waals surface area contributed by atoms with Crippen molar-refractivity contribution in [3.8, 4) is 5.75 Å². The first-order valence-corrected chi connectivity index (χ1v) is 8.90. The number of nitrogens with zero attached hydrogens (tertiary/aromatic N) is 1. The fourth-order valence-corrected chi connectivity index (χ4v) is 3.77. The van der Waals surface area contributed by atoms with E-state index < -0.39 is 0 Å². The van der Waals surface area contributed by atoms with Crippen LogP contribution in [0.15, 0.2) is 12.1 Å². The van der Waals surface area contributed by atoms with Gasteiger partial charge in [-0.05, 0) is 55.7 Å². The molecule has 0 bridgehead atoms. The lowest BCUT2D eigenvalue weighted by atomic mass is 9.91. The fourth-order valence-electron chi connectivity index (χ4n) is 3.77. The summed E-state index contributed by atoms with van der Waals surface area (Å²) < 4.78 is 5.89. The quantitative estimate of drug-likeness (QED) is 0.735. The van der Waals surface area contributed by atoms with Crippen molar-refractivity contribution in [1.82, 2.24) is 4.90 Å². The molecule has 2 rings (SSSR count). The van der Waals surface area contributed by atoms with E-state index in [-0.39, 0.29) is 5.78 Å². The third-order valence-corrected chi connectivity index (χ3v) is 4.48. The number of ether oxygens (including phenoxy) is 1. The monoisotopic (exact) mass is 317 g/mol. The van der Waals surface area contributed by atoms with E-state index in [0.29, 0.717) is 25.0 Å². The zero-order valence-electron chi connectivity index (χ0n) is 15.3. The van der Waals surface area contributed by atoms with Gasteiger partial charge in [-0.1, -0.05) is 26.8 Å². The Morgan fingerprint density at radius 1 is 1.22 bits per heavy atom. The van der Waals surface area contributed by atoms with E-state index in [4.69, 9.17) is 4.74 Å². The second kappa shape index (κ2) is 7.96. The molecule has 1 aromatic rings. The van der Waals surface area contributed by atoms with Gasteiger partial charge < -0.3 is 4.74 Å². The van der Waals surface area contributed by atoms with E-state index >= 15 is 0 Å². The normalized spacial score (nSPS) is 22.1. The van der Waals surface area contributed by atoms with E-state index in [1.54, 1.807) is 0 Å². The molecule has 1 aromatic carbocycles. The lowest BCUT2D eigenvalue weighted by molar-refractivity contribution is 0.0845. The minimum Gasteiger partial charge on any atom is -0.493 e. The number of likely N-dealkylation sites (tertiary alicyclic amines) is 1. The molecule has 1 aliphatic rings. The zero-order valence-corrected chi connectivity index (χ0v) is 15.3. The molecule has 2 atom stereocenters. The maximum absolute atomic E-state index is 12.9. The molecule has 0 aromatic heterocycles. The molecule has 1 saturated heterocycles. The molecule has 2 unspecified atom stereocenters. The Hall–Kier alpha value is -1.35. The van der Waals surface area contributed by atoms with Gasteiger partial charge in [0.25, 0.3) is 0 Å². The fraction of sp³-hybridized carbons (Fsp3) is 0.650. The molecule has 1 fully saturated rings. The van der Waals surface area contributed by atoms with Crippen molar-refractivity contribution in [2.75, 3.05) is 26.2 Å². The van der Waals surface area contributed by atoms with Crippen LogP contribution in [0, 0.1) is 25.7 Å². The highest BCUT2D eigenvalue weighted by atomic mass is 16.5. The van der Waals surface area contributed by atoms with E-state index in [2.05, 4.69) is 31.7 Å². The summed E-state index contributed by atoms with van der Waals surface area (Å²) in [7, 11) is 0. The summed E-state index contributed by atoms with van der Waals surface area (Å²) in [6, 6.07) is 4.07. The van der Waals surface area contributed by atoms with Crippen LogP contribution in [0.3, 0.4) is 0 Å². The van der Waals surface area contributed by atoms with E-state index in [1.807, 2.05) is 19.9 Å². The first-order chi connectivity index (χ1) is 10.9. The van der Waals surface area contributed by atoms with Crippen molar-refractivity contribution in [1.29, 1.82) is 0 Å². The van der Waals surface area contributed by atoms with Crippen molar-refractivity contribution < 1.29 is 9.53 Å². The summed E-state index contributed by atoms with van der Waals surface area (Å²) >= 11 is 0. The lowest BCUT2D eigenvalue weighted by Crippen LogP contribution is -2.41. The van der Waals surface area contributed by atoms with Crippen LogP contribution in [0.25, 0.3) is 0 Å². The van der Waals surface area contributed by atoms with Crippen molar-refractivity contribution in [2.24, 2.45) is 11.8 Å². The molecule has 3 heteroatoms. The number of piperidine rings is 1. The van der Waals surface area contributed by atoms with Gasteiger partial charge in [-0.25, -0.2) is 0 Å². The number of hydrogen-bond donors (Lipinski definition) is 0. The van der Waals surface area contributed by atoms with Gasteiger partial charge in [0.1, 0.15) is 5.75 Å². The van der Waals surface area contributed by atoms with Crippen LogP contribution in [0.2, 0.25) is 0 Å². The number of ketones is 1. The largest absolute Gasteiger partial charge is 0.493 e. The topological polar surface area (TPSA) is 29.5 Å². The number of aryl methyl sites for hydroxylation is 2. The Kier molecular flexibility index (Phi) is 6.23. The maximum atomic E-state index is 12.9. The van der Waals surface area contributed by atoms with Gasteiger partial charge >= 0.3 is 0 Å². The van der Waals surface area contributed by atoms with Crippen LogP contribution in [0.4, 0.5) is 0 Å². The average Bonchev–Trinajstić information content (AvgIpc) is 2.44. The van der Waals surface area contributed by atoms with Gasteiger partial charge in [-0.15, -0.1) is 0 Å². The second-order valence-electron chi connectivity index (χ2n) is 7.37. The van der Waals surface area contributed by atoms with Crippen molar-refractivity contribution in [3.63, 3.8) is 0 Å². The highest BCUT2D eigenvalue weighted by Crippen LogP contribution is 2.27. The van der Waals surface area contributed by atoms with E-state index in [1.165, 1.54) is 6.42 Å². The summed E-state index contributed by atoms with van der Waals surface area (Å²) in [5.74, 6) is 2.30. The number of rotatable bonds is 6. The first kappa shape index (κ1) is 18.0. The molecule has 0 radical (unpaired) electrons. The summed E-state index contributed by atoms with van der Waals surface area (Å²) in [6.07, 6.45) is 2.21. The van der Waals surface area contributed by atoms with E-state index in [9.17, 15) is 4.79 Å². The van der Waals surface area contributed by atoms with Crippen LogP contribution in [0.5, 0.6) is 5.75 Å². The van der Waals surface area contributed by atoms with Crippen LogP contribution in [0.1, 0.15) is 55.1 Å². The standard InChI is InChI=1S/C20H31NO2/c1-6-7-23-20-17(5)9-14(2)10-18(20)19(22)13-21-11-15(3)8-16(4)12-21/h9-10,15-16H,6-8,11-13H2,1-5H3. The van der Waals surface area contributed by atoms with E-state index in [0.717, 1.165) is 42.0 Å². The van der Waals surface area contributed by atoms with Gasteiger partial charge in [0.2, 0.25) is 0 Å². The average molecular weight is 317 g/mol. The van der Waals surface area contributed by atoms with Crippen molar-refractivity contribution >= 4 is 5.78 Å². The third kappa shape index (κ3) is 4.81. The van der Waals surface area contributed by atoms with Gasteiger partial charge in [0.15, 0.2) is 5.78 Å². The molecule has 0 spiro atoms. The minimum atomic E-state index is 0.184. The highest BCUT2D eigenvalue weighted by Gasteiger charge is 2.25. The van der Waals surface area contributed by atoms with Crippen LogP contribution < -0.4 is 4.74 Å². The predicted molar refractivity (Wildman–Crippen MR) is 95.4 cm³/mol. The summed E-state index contributed by atoms with van der Waals surface area (Å²) in [4.78, 5) is 15.2. The zero-order chi connectivity index (χ0) is 17.0. The minimum absolute atomic E-state index is 0.184. The van der Waals surface area contributed by atoms with Gasteiger partial charge in [-0.2, -0.15) is 0 Å². The Bertz CT molecular complexity index is 543. The number of hydrogen-bond acceptors (Lipinski definition) is 3. The molecular formula is C20H31NO2. The summed E-state index contributed by atoms with van der Waals surface area (Å²) in [5, 5.41) is 0. The second-order valence-corrected chi connectivity index (χ2v) is 7.37. The first-order valence-electron chi connectivity index (χ1n) is 8.90. The Balaban J connectivity index is 2.17. The molecule has 0 N–H and O–H groups in total. The molecule has 0 saturated carbocycles. The molecule has 128 valence electrons. The Labute approximate surface area is 141 Å². The molecule has 3 nitrogen and oxygen atoms in total. The lowest BCUT2D eigenvalue weighted by Gasteiger charge is -2.34. The molecule has 1 heterocycles. The van der Waals surface area contributed by atoms with Gasteiger partial charge in [-0.3, -0.25) is 9.69 Å². The molecular weight excluding hydrogens is 286 g/mol. The van der Waals surface area contributed by atoms with Crippen molar-refractivity contribution in [3.05, 3.63) is 28.8 Å². The number of carbonyl (C=O) groups is 1. The molecule has 0 amide bonds. The number of carbonyl (C=O) groups excluding carboxylic acids is 1. The maximum Gasteiger partial charge on any atom is 0.180 e. The smallest absolute Gasteiger partial charge is 0.180 e. The van der Waals surface area contributed by atoms with Crippen molar-refractivity contribution in [2.45, 2.75) is 47.5 Å². The Morgan fingerprint density at radius 2 is 1.87 bits per heavy atom. The van der Waals surface area contributed by atoms with Gasteiger partial charge in [0.05, 0.1) is 18.7 Å². The van der Waals surface area contributed by atoms with Crippen LogP contribution >= 0.6 is 0 Å². The highest BCUT2D eigenvalue weighted by molar-refractivity contribution is 6.00. The van der Waals surface area contributed by atoms with Crippen LogP contribution in [-0.4, -0.2) is 36.9 Å². The SMILES string of the molecule is CCCOc1c(C)cc(C)cc1C(=O)CN1CC(C)CC(C)C1. The number of Topliss-reactive ketones (excluding diaryl/α,β-unsaturated/α-hetero) is 1. The number of benzene rings is 1. The molecule has 23 heavy (non-hydrogen) atoms. The molecule has 0 aliphatic carbocycles. The Morgan fingerprint density at radius 3 is 2.48 bits per heavy atom. The summed E-state index contributed by atoms with van der Waals surface area (Å²) in [5.41, 5.74) is 2.93.